The Morgan fingerprint density at radius 2 is 2.03 bits per heavy atom. The molecule has 1 aliphatic heterocycles. The van der Waals surface area contributed by atoms with Crippen LogP contribution in [0.25, 0.3) is 0 Å². The summed E-state index contributed by atoms with van der Waals surface area (Å²) >= 11 is 3.15. The first-order chi connectivity index (χ1) is 13.5. The van der Waals surface area contributed by atoms with Crippen molar-refractivity contribution in [2.24, 2.45) is 0 Å². The normalized spacial score (nSPS) is 18.7. The van der Waals surface area contributed by atoms with Crippen LogP contribution in [0.3, 0.4) is 0 Å². The summed E-state index contributed by atoms with van der Waals surface area (Å²) in [7, 11) is -3.05. The highest BCUT2D eigenvalue weighted by atomic mass is 32.2. The smallest absolute Gasteiger partial charge is 0.233 e. The van der Waals surface area contributed by atoms with E-state index in [2.05, 4.69) is 45.9 Å². The number of carbonyl (C=O) groups is 1. The van der Waals surface area contributed by atoms with Crippen molar-refractivity contribution < 1.29 is 13.2 Å². The zero-order valence-corrected chi connectivity index (χ0v) is 19.9. The number of nitrogens with zero attached hydrogens (tertiary/aromatic N) is 1. The number of sulfone groups is 1. The van der Waals surface area contributed by atoms with Gasteiger partial charge in [0.1, 0.15) is 0 Å². The SMILES string of the molecule is Cc1ccc(C(C)(C)C)cc1SCC(=O)N(Cc1cccs1)C1CCS(=O)(=O)C1. The molecular weight excluding hydrogens is 422 g/mol. The maximum absolute atomic E-state index is 13.1. The lowest BCUT2D eigenvalue weighted by atomic mass is 9.87. The average Bonchev–Trinajstić information content (AvgIpc) is 3.26. The van der Waals surface area contributed by atoms with Crippen LogP contribution >= 0.6 is 23.1 Å². The third-order valence-electron chi connectivity index (χ3n) is 5.28. The molecule has 158 valence electrons. The summed E-state index contributed by atoms with van der Waals surface area (Å²) in [5.74, 6) is 0.571. The van der Waals surface area contributed by atoms with Gasteiger partial charge in [0.05, 0.1) is 23.8 Å². The van der Waals surface area contributed by atoms with E-state index in [1.807, 2.05) is 17.5 Å². The summed E-state index contributed by atoms with van der Waals surface area (Å²) < 4.78 is 24.0. The van der Waals surface area contributed by atoms with Gasteiger partial charge in [-0.25, -0.2) is 8.42 Å². The quantitative estimate of drug-likeness (QED) is 0.599. The maximum atomic E-state index is 13.1. The molecule has 0 bridgehead atoms. The van der Waals surface area contributed by atoms with Gasteiger partial charge in [-0.3, -0.25) is 4.79 Å². The minimum Gasteiger partial charge on any atom is -0.333 e. The standard InChI is InChI=1S/C22H29NO3S3/c1-16-7-8-17(22(2,3)4)12-20(16)28-14-21(24)23(13-19-6-5-10-27-19)18-9-11-29(25,26)15-18/h5-8,10,12,18H,9,11,13-15H2,1-4H3. The van der Waals surface area contributed by atoms with Crippen LogP contribution in [0.15, 0.2) is 40.6 Å². The van der Waals surface area contributed by atoms with E-state index in [-0.39, 0.29) is 28.9 Å². The van der Waals surface area contributed by atoms with E-state index in [4.69, 9.17) is 0 Å². The van der Waals surface area contributed by atoms with Crippen molar-refractivity contribution in [3.63, 3.8) is 0 Å². The van der Waals surface area contributed by atoms with E-state index < -0.39 is 9.84 Å². The van der Waals surface area contributed by atoms with Crippen LogP contribution < -0.4 is 0 Å². The van der Waals surface area contributed by atoms with Gasteiger partial charge in [0.2, 0.25) is 5.91 Å². The zero-order chi connectivity index (χ0) is 21.2. The zero-order valence-electron chi connectivity index (χ0n) is 17.5. The fourth-order valence-corrected chi connectivity index (χ4v) is 6.84. The molecule has 1 amide bonds. The van der Waals surface area contributed by atoms with Crippen molar-refractivity contribution in [1.29, 1.82) is 0 Å². The third kappa shape index (κ3) is 5.86. The molecule has 1 fully saturated rings. The molecule has 0 spiro atoms. The maximum Gasteiger partial charge on any atom is 0.233 e. The first-order valence-electron chi connectivity index (χ1n) is 9.81. The molecule has 1 aliphatic rings. The van der Waals surface area contributed by atoms with Crippen molar-refractivity contribution in [1.82, 2.24) is 4.90 Å². The average molecular weight is 452 g/mol. The Morgan fingerprint density at radius 1 is 1.28 bits per heavy atom. The molecule has 0 N–H and O–H groups in total. The Bertz CT molecular complexity index is 960. The predicted octanol–water partition coefficient (Wildman–Crippen LogP) is 4.66. The number of thiophene rings is 1. The molecule has 2 heterocycles. The van der Waals surface area contributed by atoms with Crippen LogP contribution in [0.1, 0.15) is 43.2 Å². The molecule has 3 rings (SSSR count). The van der Waals surface area contributed by atoms with Crippen molar-refractivity contribution in [2.75, 3.05) is 17.3 Å². The fourth-order valence-electron chi connectivity index (χ4n) is 3.46. The molecule has 1 aromatic heterocycles. The van der Waals surface area contributed by atoms with Crippen molar-refractivity contribution in [3.05, 3.63) is 51.7 Å². The van der Waals surface area contributed by atoms with Crippen LogP contribution in [0.4, 0.5) is 0 Å². The highest BCUT2D eigenvalue weighted by molar-refractivity contribution is 8.00. The van der Waals surface area contributed by atoms with Crippen LogP contribution in [-0.2, 0) is 26.6 Å². The number of carbonyl (C=O) groups excluding carboxylic acids is 1. The number of hydrogen-bond acceptors (Lipinski definition) is 5. The highest BCUT2D eigenvalue weighted by Crippen LogP contribution is 2.31. The number of amides is 1. The summed E-state index contributed by atoms with van der Waals surface area (Å²) in [5, 5.41) is 1.99. The number of benzene rings is 1. The second-order valence-electron chi connectivity index (χ2n) is 8.68. The van der Waals surface area contributed by atoms with Crippen molar-refractivity contribution in [3.8, 4) is 0 Å². The molecule has 4 nitrogen and oxygen atoms in total. The van der Waals surface area contributed by atoms with Gasteiger partial charge in [-0.05, 0) is 47.4 Å². The van der Waals surface area contributed by atoms with Gasteiger partial charge in [-0.15, -0.1) is 23.1 Å². The van der Waals surface area contributed by atoms with Crippen LogP contribution in [0.2, 0.25) is 0 Å². The van der Waals surface area contributed by atoms with Gasteiger partial charge >= 0.3 is 0 Å². The Balaban J connectivity index is 1.75. The molecule has 1 atom stereocenters. The monoisotopic (exact) mass is 451 g/mol. The Labute approximate surface area is 182 Å². The second kappa shape index (κ2) is 8.82. The van der Waals surface area contributed by atoms with E-state index >= 15 is 0 Å². The number of rotatable bonds is 6. The Kier molecular flexibility index (Phi) is 6.81. The fraction of sp³-hybridized carbons (Fsp3) is 0.500. The Morgan fingerprint density at radius 3 is 2.62 bits per heavy atom. The minimum absolute atomic E-state index is 0.00561. The largest absolute Gasteiger partial charge is 0.333 e. The molecule has 1 unspecified atom stereocenters. The van der Waals surface area contributed by atoms with E-state index in [9.17, 15) is 13.2 Å². The lowest BCUT2D eigenvalue weighted by Gasteiger charge is -2.28. The molecular formula is C22H29NO3S3. The van der Waals surface area contributed by atoms with Crippen LogP contribution in [-0.4, -0.2) is 42.5 Å². The van der Waals surface area contributed by atoms with Gasteiger partial charge in [-0.1, -0.05) is 39.0 Å². The summed E-state index contributed by atoms with van der Waals surface area (Å²) in [5.41, 5.74) is 2.45. The molecule has 1 saturated heterocycles. The summed E-state index contributed by atoms with van der Waals surface area (Å²) in [4.78, 5) is 17.1. The molecule has 2 aromatic rings. The third-order valence-corrected chi connectivity index (χ3v) is 9.03. The summed E-state index contributed by atoms with van der Waals surface area (Å²) in [6.07, 6.45) is 0.530. The molecule has 29 heavy (non-hydrogen) atoms. The van der Waals surface area contributed by atoms with Gasteiger partial charge in [0.15, 0.2) is 9.84 Å². The topological polar surface area (TPSA) is 54.5 Å². The van der Waals surface area contributed by atoms with Crippen LogP contribution in [0, 0.1) is 6.92 Å². The van der Waals surface area contributed by atoms with Crippen molar-refractivity contribution >= 4 is 38.8 Å². The Hall–Kier alpha value is -1.31. The van der Waals surface area contributed by atoms with Crippen molar-refractivity contribution in [2.45, 2.75) is 57.0 Å². The van der Waals surface area contributed by atoms with Gasteiger partial charge < -0.3 is 4.90 Å². The first-order valence-corrected chi connectivity index (χ1v) is 13.5. The summed E-state index contributed by atoms with van der Waals surface area (Å²) in [6.45, 7) is 9.09. The molecule has 7 heteroatoms. The first kappa shape index (κ1) is 22.4. The molecule has 0 saturated carbocycles. The molecule has 0 radical (unpaired) electrons. The number of hydrogen-bond donors (Lipinski definition) is 0. The van der Waals surface area contributed by atoms with E-state index in [0.29, 0.717) is 18.7 Å². The van der Waals surface area contributed by atoms with E-state index in [1.165, 1.54) is 5.56 Å². The number of aryl methyl sites for hydroxylation is 1. The van der Waals surface area contributed by atoms with Gasteiger partial charge in [0.25, 0.3) is 0 Å². The highest BCUT2D eigenvalue weighted by Gasteiger charge is 2.34. The van der Waals surface area contributed by atoms with E-state index in [1.54, 1.807) is 28.0 Å². The van der Waals surface area contributed by atoms with Gasteiger partial charge in [-0.2, -0.15) is 0 Å². The molecule has 0 aliphatic carbocycles. The van der Waals surface area contributed by atoms with Crippen LogP contribution in [0.5, 0.6) is 0 Å². The lowest BCUT2D eigenvalue weighted by Crippen LogP contribution is -2.41. The second-order valence-corrected chi connectivity index (χ2v) is 13.0. The lowest BCUT2D eigenvalue weighted by molar-refractivity contribution is -0.130. The van der Waals surface area contributed by atoms with Gasteiger partial charge in [0, 0.05) is 15.8 Å². The summed E-state index contributed by atoms with van der Waals surface area (Å²) in [6, 6.07) is 10.2. The van der Waals surface area contributed by atoms with E-state index in [0.717, 1.165) is 15.3 Å². The predicted molar refractivity (Wildman–Crippen MR) is 123 cm³/mol. The number of thioether (sulfide) groups is 1. The molecule has 1 aromatic carbocycles. The minimum atomic E-state index is -3.05.